The lowest BCUT2D eigenvalue weighted by Crippen LogP contribution is -3.00. The fraction of sp³-hybridized carbons (Fsp3) is 0.917. The zero-order valence-corrected chi connectivity index (χ0v) is 17.7. The normalized spacial score (nSPS) is 14.3. The van der Waals surface area contributed by atoms with Gasteiger partial charge in [-0.3, -0.25) is 0 Å². The molecule has 8 heteroatoms. The average Bonchev–Trinajstić information content (AvgIpc) is 2.34. The second-order valence-corrected chi connectivity index (χ2v) is 9.84. The molecule has 0 aromatic rings. The zero-order chi connectivity index (χ0) is 14.9. The predicted molar refractivity (Wildman–Crippen MR) is 84.6 cm³/mol. The van der Waals surface area contributed by atoms with Crippen LogP contribution in [0.3, 0.4) is 0 Å². The smallest absolute Gasteiger partial charge is 0.500 e. The van der Waals surface area contributed by atoms with Gasteiger partial charge < -0.3 is 37.3 Å². The second kappa shape index (κ2) is 11.4. The number of quaternary nitrogens is 1. The van der Waals surface area contributed by atoms with Crippen LogP contribution < -0.4 is 24.0 Å². The molecule has 1 atom stereocenters. The van der Waals surface area contributed by atoms with Gasteiger partial charge in [0, 0.05) is 32.6 Å². The highest BCUT2D eigenvalue weighted by atomic mass is 127. The average molecular weight is 436 g/mol. The van der Waals surface area contributed by atoms with Crippen LogP contribution >= 0.6 is 11.8 Å². The maximum atomic E-state index is 5.40. The summed E-state index contributed by atoms with van der Waals surface area (Å²) < 4.78 is 16.8. The standard InChI is InChI=1S/C12H29N2O3SSi.HI/c1-12(8-9-13-14(2,3)4)18-10-11-19(15-5,16-6)17-7;/h9,12H,8,10-11H2,1-7H3;1H/q+1;/p-1. The fourth-order valence-electron chi connectivity index (χ4n) is 1.45. The van der Waals surface area contributed by atoms with Crippen molar-refractivity contribution in [2.75, 3.05) is 48.2 Å². The summed E-state index contributed by atoms with van der Waals surface area (Å²) in [4.78, 5) is 0. The van der Waals surface area contributed by atoms with E-state index in [2.05, 4.69) is 12.0 Å². The molecule has 0 fully saturated rings. The van der Waals surface area contributed by atoms with Crippen LogP contribution in [0.4, 0.5) is 0 Å². The summed E-state index contributed by atoms with van der Waals surface area (Å²) in [7, 11) is 8.70. The first kappa shape index (κ1) is 23.1. The molecule has 0 aliphatic heterocycles. The summed E-state index contributed by atoms with van der Waals surface area (Å²) in [5.41, 5.74) is 0. The molecule has 122 valence electrons. The number of nitrogens with zero attached hydrogens (tertiary/aromatic N) is 2. The first-order valence-corrected chi connectivity index (χ1v) is 9.39. The van der Waals surface area contributed by atoms with Crippen molar-refractivity contribution in [2.45, 2.75) is 24.6 Å². The molecule has 0 heterocycles. The topological polar surface area (TPSA) is 40.0 Å². The highest BCUT2D eigenvalue weighted by Gasteiger charge is 2.37. The van der Waals surface area contributed by atoms with E-state index in [-0.39, 0.29) is 24.0 Å². The van der Waals surface area contributed by atoms with Gasteiger partial charge in [-0.2, -0.15) is 11.8 Å². The van der Waals surface area contributed by atoms with Crippen LogP contribution in [-0.2, 0) is 13.3 Å². The van der Waals surface area contributed by atoms with E-state index in [1.54, 1.807) is 21.3 Å². The summed E-state index contributed by atoms with van der Waals surface area (Å²) in [6.07, 6.45) is 2.98. The molecule has 0 spiro atoms. The van der Waals surface area contributed by atoms with Crippen molar-refractivity contribution in [3.05, 3.63) is 0 Å². The van der Waals surface area contributed by atoms with Gasteiger partial charge in [-0.1, -0.05) is 12.0 Å². The summed E-state index contributed by atoms with van der Waals surface area (Å²) in [6.45, 7) is 2.21. The maximum Gasteiger partial charge on any atom is 0.500 e. The van der Waals surface area contributed by atoms with E-state index in [4.69, 9.17) is 13.3 Å². The largest absolute Gasteiger partial charge is 1.00 e. The molecular formula is C12H29IN2O3SSi. The number of hydrogen-bond acceptors (Lipinski definition) is 5. The molecule has 0 rings (SSSR count). The zero-order valence-electron chi connectivity index (χ0n) is 13.7. The Hall–Kier alpha value is 0.807. The lowest BCUT2D eigenvalue weighted by molar-refractivity contribution is -0.876. The van der Waals surface area contributed by atoms with Crippen LogP contribution in [0.15, 0.2) is 5.10 Å². The molecule has 0 N–H and O–H groups in total. The lowest BCUT2D eigenvalue weighted by atomic mass is 10.4. The maximum absolute atomic E-state index is 5.40. The van der Waals surface area contributed by atoms with Gasteiger partial charge in [0.15, 0.2) is 0 Å². The molecule has 0 amide bonds. The SMILES string of the molecule is CO[Si](CCSC(C)CC=N[N+](C)(C)C)(OC)OC.[I-]. The fourth-order valence-corrected chi connectivity index (χ4v) is 4.66. The van der Waals surface area contributed by atoms with E-state index >= 15 is 0 Å². The Kier molecular flexibility index (Phi) is 13.1. The Bertz CT molecular complexity index is 266. The molecule has 5 nitrogen and oxygen atoms in total. The van der Waals surface area contributed by atoms with E-state index < -0.39 is 8.80 Å². The second-order valence-electron chi connectivity index (χ2n) is 5.20. The summed E-state index contributed by atoms with van der Waals surface area (Å²) in [6, 6.07) is 0.831. The van der Waals surface area contributed by atoms with E-state index in [9.17, 15) is 0 Å². The third kappa shape index (κ3) is 10.5. The van der Waals surface area contributed by atoms with Crippen molar-refractivity contribution in [2.24, 2.45) is 5.10 Å². The third-order valence-corrected chi connectivity index (χ3v) is 6.90. The number of halogens is 1. The van der Waals surface area contributed by atoms with E-state index in [0.29, 0.717) is 9.84 Å². The molecule has 0 aliphatic rings. The molecule has 1 unspecified atom stereocenters. The van der Waals surface area contributed by atoms with E-state index in [1.807, 2.05) is 39.1 Å². The Labute approximate surface area is 146 Å². The lowest BCUT2D eigenvalue weighted by Gasteiger charge is -2.24. The van der Waals surface area contributed by atoms with E-state index in [1.165, 1.54) is 0 Å². The third-order valence-electron chi connectivity index (χ3n) is 2.61. The molecule has 0 aromatic heterocycles. The Morgan fingerprint density at radius 2 is 1.65 bits per heavy atom. The predicted octanol–water partition coefficient (Wildman–Crippen LogP) is -0.928. The number of rotatable bonds is 10. The van der Waals surface area contributed by atoms with Gasteiger partial charge in [0.2, 0.25) is 0 Å². The van der Waals surface area contributed by atoms with Crippen molar-refractivity contribution in [1.82, 2.24) is 0 Å². The number of thioether (sulfide) groups is 1. The van der Waals surface area contributed by atoms with Crippen molar-refractivity contribution < 1.29 is 41.8 Å². The van der Waals surface area contributed by atoms with Gasteiger partial charge in [0.05, 0.1) is 27.4 Å². The summed E-state index contributed by atoms with van der Waals surface area (Å²) in [5.74, 6) is 0.973. The van der Waals surface area contributed by atoms with Crippen LogP contribution in [-0.4, -0.2) is 73.1 Å². The van der Waals surface area contributed by atoms with Gasteiger partial charge >= 0.3 is 8.80 Å². The Morgan fingerprint density at radius 3 is 2.05 bits per heavy atom. The molecule has 0 radical (unpaired) electrons. The highest BCUT2D eigenvalue weighted by molar-refractivity contribution is 7.99. The van der Waals surface area contributed by atoms with Gasteiger partial charge in [0.25, 0.3) is 0 Å². The van der Waals surface area contributed by atoms with Crippen LogP contribution in [0.2, 0.25) is 6.04 Å². The Morgan fingerprint density at radius 1 is 1.15 bits per heavy atom. The van der Waals surface area contributed by atoms with Crippen LogP contribution in [0, 0.1) is 0 Å². The molecule has 20 heavy (non-hydrogen) atoms. The minimum absolute atomic E-state index is 0. The van der Waals surface area contributed by atoms with Crippen molar-refractivity contribution in [3.63, 3.8) is 0 Å². The quantitative estimate of drug-likeness (QED) is 0.146. The van der Waals surface area contributed by atoms with Gasteiger partial charge in [-0.25, -0.2) is 4.59 Å². The molecular weight excluding hydrogens is 407 g/mol. The van der Waals surface area contributed by atoms with Crippen molar-refractivity contribution >= 4 is 26.8 Å². The molecule has 0 saturated carbocycles. The van der Waals surface area contributed by atoms with Crippen LogP contribution in [0.5, 0.6) is 0 Å². The molecule has 0 bridgehead atoms. The van der Waals surface area contributed by atoms with E-state index in [0.717, 1.165) is 18.2 Å². The molecule has 0 aliphatic carbocycles. The molecule has 0 aromatic carbocycles. The monoisotopic (exact) mass is 436 g/mol. The first-order valence-electron chi connectivity index (χ1n) is 6.41. The van der Waals surface area contributed by atoms with Gasteiger partial charge in [-0.05, 0) is 12.2 Å². The highest BCUT2D eigenvalue weighted by Crippen LogP contribution is 2.20. The summed E-state index contributed by atoms with van der Waals surface area (Å²) in [5, 5.41) is 4.97. The van der Waals surface area contributed by atoms with Crippen LogP contribution in [0.1, 0.15) is 13.3 Å². The van der Waals surface area contributed by atoms with Gasteiger partial charge in [0.1, 0.15) is 0 Å². The summed E-state index contributed by atoms with van der Waals surface area (Å²) >= 11 is 1.90. The Balaban J connectivity index is 0. The minimum Gasteiger partial charge on any atom is -1.00 e. The van der Waals surface area contributed by atoms with Crippen LogP contribution in [0.25, 0.3) is 0 Å². The molecule has 0 saturated heterocycles. The van der Waals surface area contributed by atoms with Crippen molar-refractivity contribution in [3.8, 4) is 0 Å². The van der Waals surface area contributed by atoms with Crippen molar-refractivity contribution in [1.29, 1.82) is 0 Å². The number of hydrogen-bond donors (Lipinski definition) is 0. The minimum atomic E-state index is -2.40. The van der Waals surface area contributed by atoms with Gasteiger partial charge in [-0.15, -0.1) is 0 Å². The first-order chi connectivity index (χ1) is 8.78.